The van der Waals surface area contributed by atoms with Crippen LogP contribution in [-0.4, -0.2) is 28.8 Å². The van der Waals surface area contributed by atoms with Crippen molar-refractivity contribution >= 4 is 15.4 Å². The van der Waals surface area contributed by atoms with Crippen molar-refractivity contribution in [3.8, 4) is 0 Å². The number of rotatable bonds is 3. The van der Waals surface area contributed by atoms with Gasteiger partial charge in [-0.15, -0.1) is 0 Å². The first kappa shape index (κ1) is 13.0. The molecule has 1 unspecified atom stereocenters. The third-order valence-corrected chi connectivity index (χ3v) is 3.04. The number of allylic oxidation sites excluding steroid dienone is 2. The van der Waals surface area contributed by atoms with Crippen LogP contribution in [0.3, 0.4) is 0 Å². The zero-order valence-electron chi connectivity index (χ0n) is 9.26. The third-order valence-electron chi connectivity index (χ3n) is 2.52. The molecule has 0 spiro atoms. The van der Waals surface area contributed by atoms with Crippen LogP contribution in [-0.2, 0) is 0 Å². The molecule has 1 fully saturated rings. The largest absolute Gasteiger partial charge is 0.509 e. The molecule has 1 saturated heterocycles. The quantitative estimate of drug-likeness (QED) is 0.224. The number of aliphatic hydroxyl groups is 1. The van der Waals surface area contributed by atoms with Crippen LogP contribution in [0.5, 0.6) is 0 Å². The van der Waals surface area contributed by atoms with Gasteiger partial charge in [0.25, 0.3) is 0 Å². The molecule has 0 aromatic heterocycles. The van der Waals surface area contributed by atoms with Gasteiger partial charge in [-0.25, -0.2) is 4.99 Å². The van der Waals surface area contributed by atoms with E-state index >= 15 is 0 Å². The molecule has 90 valence electrons. The fourth-order valence-corrected chi connectivity index (χ4v) is 2.05. The Morgan fingerprint density at radius 3 is 2.44 bits per heavy atom. The Morgan fingerprint density at radius 2 is 2.00 bits per heavy atom. The topological polar surface area (TPSA) is 87.9 Å². The number of nitrogens with zero attached hydrogens (tertiary/aromatic N) is 2. The standard InChI is InChI=1S/C10H19N4OP/c1-7(15)6-9(13-10(11)12)8-2-4-14(16)5-3-8/h6,8,15H,1-5,16H2,(H4,11,12,13)/b9-6-. The maximum absolute atomic E-state index is 9.18. The van der Waals surface area contributed by atoms with Crippen molar-refractivity contribution in [2.24, 2.45) is 22.4 Å². The summed E-state index contributed by atoms with van der Waals surface area (Å²) in [7, 11) is 2.68. The lowest BCUT2D eigenvalue weighted by atomic mass is 9.94. The number of piperidine rings is 1. The van der Waals surface area contributed by atoms with Gasteiger partial charge in [0.2, 0.25) is 0 Å². The van der Waals surface area contributed by atoms with E-state index in [1.165, 1.54) is 6.08 Å². The van der Waals surface area contributed by atoms with Gasteiger partial charge in [0.05, 0.1) is 5.70 Å². The van der Waals surface area contributed by atoms with Gasteiger partial charge >= 0.3 is 0 Å². The molecule has 1 rings (SSSR count). The lowest BCUT2D eigenvalue weighted by Crippen LogP contribution is -2.28. The minimum absolute atomic E-state index is 0.0146. The molecule has 0 saturated carbocycles. The van der Waals surface area contributed by atoms with Crippen molar-refractivity contribution in [2.45, 2.75) is 12.8 Å². The predicted molar refractivity (Wildman–Crippen MR) is 69.7 cm³/mol. The van der Waals surface area contributed by atoms with Gasteiger partial charge in [0.1, 0.15) is 5.76 Å². The van der Waals surface area contributed by atoms with Crippen LogP contribution < -0.4 is 11.5 Å². The SMILES string of the molecule is C=C(O)/C=C(\N=C(N)N)C1CCN(P)CC1. The highest BCUT2D eigenvalue weighted by Crippen LogP contribution is 2.27. The van der Waals surface area contributed by atoms with E-state index < -0.39 is 0 Å². The summed E-state index contributed by atoms with van der Waals surface area (Å²) in [4.78, 5) is 4.05. The Labute approximate surface area is 98.2 Å². The molecule has 16 heavy (non-hydrogen) atoms. The van der Waals surface area contributed by atoms with Crippen molar-refractivity contribution in [2.75, 3.05) is 13.1 Å². The molecule has 1 aliphatic heterocycles. The van der Waals surface area contributed by atoms with Crippen LogP contribution in [0.2, 0.25) is 0 Å². The summed E-state index contributed by atoms with van der Waals surface area (Å²) in [5, 5.41) is 9.18. The molecule has 1 aliphatic rings. The van der Waals surface area contributed by atoms with E-state index in [-0.39, 0.29) is 17.6 Å². The molecule has 0 radical (unpaired) electrons. The average Bonchev–Trinajstić information content (AvgIpc) is 2.16. The molecule has 0 amide bonds. The maximum atomic E-state index is 9.18. The van der Waals surface area contributed by atoms with Crippen molar-refractivity contribution in [3.05, 3.63) is 24.1 Å². The van der Waals surface area contributed by atoms with Gasteiger partial charge in [0, 0.05) is 25.1 Å². The summed E-state index contributed by atoms with van der Waals surface area (Å²) in [6.45, 7) is 5.38. The molecule has 5 nitrogen and oxygen atoms in total. The number of aliphatic imine (C=N–C) groups is 1. The second kappa shape index (κ2) is 5.87. The highest BCUT2D eigenvalue weighted by molar-refractivity contribution is 7.13. The van der Waals surface area contributed by atoms with Crippen LogP contribution in [0, 0.1) is 5.92 Å². The monoisotopic (exact) mass is 242 g/mol. The summed E-state index contributed by atoms with van der Waals surface area (Å²) in [5.74, 6) is 0.275. The Hall–Kier alpha value is -1.06. The summed E-state index contributed by atoms with van der Waals surface area (Å²) < 4.78 is 2.18. The van der Waals surface area contributed by atoms with Crippen LogP contribution in [0.15, 0.2) is 29.1 Å². The molecular formula is C10H19N4OP. The summed E-state index contributed by atoms with van der Waals surface area (Å²) in [5.41, 5.74) is 11.4. The molecule has 0 bridgehead atoms. The van der Waals surface area contributed by atoms with Gasteiger partial charge < -0.3 is 16.6 Å². The van der Waals surface area contributed by atoms with Gasteiger partial charge in [-0.2, -0.15) is 0 Å². The van der Waals surface area contributed by atoms with E-state index in [4.69, 9.17) is 11.5 Å². The van der Waals surface area contributed by atoms with Crippen LogP contribution in [0.4, 0.5) is 0 Å². The fourth-order valence-electron chi connectivity index (χ4n) is 1.76. The molecular weight excluding hydrogens is 223 g/mol. The highest BCUT2D eigenvalue weighted by atomic mass is 31.0. The maximum Gasteiger partial charge on any atom is 0.190 e. The van der Waals surface area contributed by atoms with E-state index in [0.717, 1.165) is 25.9 Å². The van der Waals surface area contributed by atoms with Gasteiger partial charge in [0.15, 0.2) is 5.96 Å². The molecule has 0 aliphatic carbocycles. The Kier molecular flexibility index (Phi) is 4.77. The van der Waals surface area contributed by atoms with Crippen molar-refractivity contribution in [3.63, 3.8) is 0 Å². The first-order chi connectivity index (χ1) is 7.49. The van der Waals surface area contributed by atoms with E-state index in [0.29, 0.717) is 5.70 Å². The minimum Gasteiger partial charge on any atom is -0.509 e. The molecule has 5 N–H and O–H groups in total. The molecule has 6 heteroatoms. The van der Waals surface area contributed by atoms with Crippen LogP contribution in [0.25, 0.3) is 0 Å². The van der Waals surface area contributed by atoms with Gasteiger partial charge in [-0.1, -0.05) is 16.0 Å². The van der Waals surface area contributed by atoms with Crippen molar-refractivity contribution in [1.29, 1.82) is 0 Å². The summed E-state index contributed by atoms with van der Waals surface area (Å²) in [6, 6.07) is 0. The average molecular weight is 242 g/mol. The Morgan fingerprint density at radius 1 is 1.44 bits per heavy atom. The van der Waals surface area contributed by atoms with E-state index in [1.807, 2.05) is 0 Å². The van der Waals surface area contributed by atoms with Gasteiger partial charge in [-0.3, -0.25) is 4.67 Å². The second-order valence-corrected chi connectivity index (χ2v) is 4.64. The number of hydrogen-bond acceptors (Lipinski definition) is 3. The molecule has 1 heterocycles. The number of nitrogens with two attached hydrogens (primary N) is 2. The zero-order chi connectivity index (χ0) is 12.1. The Balaban J connectivity index is 2.77. The first-order valence-electron chi connectivity index (χ1n) is 5.17. The number of aliphatic hydroxyl groups excluding tert-OH is 1. The van der Waals surface area contributed by atoms with E-state index in [2.05, 4.69) is 25.6 Å². The summed E-state index contributed by atoms with van der Waals surface area (Å²) >= 11 is 0. The third kappa shape index (κ3) is 4.21. The fraction of sp³-hybridized carbons (Fsp3) is 0.500. The van der Waals surface area contributed by atoms with Gasteiger partial charge in [-0.05, 0) is 12.8 Å². The molecule has 0 aromatic carbocycles. The number of hydrogen-bond donors (Lipinski definition) is 3. The summed E-state index contributed by atoms with van der Waals surface area (Å²) in [6.07, 6.45) is 3.47. The van der Waals surface area contributed by atoms with E-state index in [1.54, 1.807) is 0 Å². The smallest absolute Gasteiger partial charge is 0.190 e. The van der Waals surface area contributed by atoms with Crippen molar-refractivity contribution < 1.29 is 5.11 Å². The Bertz CT molecular complexity index is 315. The zero-order valence-corrected chi connectivity index (χ0v) is 10.4. The lowest BCUT2D eigenvalue weighted by molar-refractivity contribution is 0.316. The van der Waals surface area contributed by atoms with Crippen LogP contribution in [0.1, 0.15) is 12.8 Å². The lowest BCUT2D eigenvalue weighted by Gasteiger charge is -2.28. The van der Waals surface area contributed by atoms with Crippen LogP contribution >= 0.6 is 9.39 Å². The molecule has 0 aromatic rings. The normalized spacial score (nSPS) is 19.4. The highest BCUT2D eigenvalue weighted by Gasteiger charge is 2.20. The minimum atomic E-state index is -0.0201. The van der Waals surface area contributed by atoms with E-state index in [9.17, 15) is 5.11 Å². The predicted octanol–water partition coefficient (Wildman–Crippen LogP) is 0.718. The van der Waals surface area contributed by atoms with Crippen molar-refractivity contribution in [1.82, 2.24) is 4.67 Å². The first-order valence-corrected chi connectivity index (χ1v) is 5.69. The second-order valence-electron chi connectivity index (χ2n) is 3.91. The number of guanidine groups is 1. The molecule has 1 atom stereocenters.